The maximum absolute atomic E-state index is 14.6. The SMILES string of the molecule is CCc1ncnc(N2CCN(c3ncnc(CC)c3F)[C@H](C)C2)c1F. The van der Waals surface area contributed by atoms with Crippen LogP contribution in [0.25, 0.3) is 0 Å². The second-order valence-corrected chi connectivity index (χ2v) is 6.11. The van der Waals surface area contributed by atoms with Gasteiger partial charge in [-0.3, -0.25) is 0 Å². The highest BCUT2D eigenvalue weighted by Crippen LogP contribution is 2.26. The van der Waals surface area contributed by atoms with Gasteiger partial charge in [0.25, 0.3) is 0 Å². The Hall–Kier alpha value is -2.38. The Morgan fingerprint density at radius 2 is 1.48 bits per heavy atom. The van der Waals surface area contributed by atoms with Crippen molar-refractivity contribution in [2.75, 3.05) is 29.4 Å². The lowest BCUT2D eigenvalue weighted by atomic mass is 10.1. The third-order valence-electron chi connectivity index (χ3n) is 4.56. The summed E-state index contributed by atoms with van der Waals surface area (Å²) in [4.78, 5) is 20.0. The van der Waals surface area contributed by atoms with Crippen LogP contribution in [0.15, 0.2) is 12.7 Å². The number of hydrogen-bond donors (Lipinski definition) is 0. The van der Waals surface area contributed by atoms with Gasteiger partial charge in [0.1, 0.15) is 12.7 Å². The summed E-state index contributed by atoms with van der Waals surface area (Å²) >= 11 is 0. The molecule has 2 aromatic rings. The van der Waals surface area contributed by atoms with E-state index in [4.69, 9.17) is 0 Å². The number of hydrogen-bond acceptors (Lipinski definition) is 6. The average molecular weight is 348 g/mol. The van der Waals surface area contributed by atoms with Crippen LogP contribution in [0.4, 0.5) is 20.4 Å². The molecule has 0 bridgehead atoms. The van der Waals surface area contributed by atoms with Crippen molar-refractivity contribution in [3.8, 4) is 0 Å². The molecule has 1 aliphatic heterocycles. The van der Waals surface area contributed by atoms with Gasteiger partial charge in [-0.15, -0.1) is 0 Å². The molecule has 2 aromatic heterocycles. The van der Waals surface area contributed by atoms with E-state index in [1.807, 2.05) is 30.6 Å². The van der Waals surface area contributed by atoms with Crippen LogP contribution in [0.2, 0.25) is 0 Å². The van der Waals surface area contributed by atoms with Gasteiger partial charge in [0.15, 0.2) is 23.3 Å². The van der Waals surface area contributed by atoms with Crippen LogP contribution in [-0.4, -0.2) is 45.6 Å². The highest BCUT2D eigenvalue weighted by Gasteiger charge is 2.29. The highest BCUT2D eigenvalue weighted by molar-refractivity contribution is 5.48. The average Bonchev–Trinajstić information content (AvgIpc) is 2.62. The number of piperazine rings is 1. The number of aromatic nitrogens is 4. The topological polar surface area (TPSA) is 58.0 Å². The van der Waals surface area contributed by atoms with E-state index in [9.17, 15) is 8.78 Å². The minimum absolute atomic E-state index is 0.0395. The summed E-state index contributed by atoms with van der Waals surface area (Å²) in [5.74, 6) is -0.105. The van der Waals surface area contributed by atoms with E-state index < -0.39 is 0 Å². The molecule has 0 amide bonds. The summed E-state index contributed by atoms with van der Waals surface area (Å²) in [5, 5.41) is 0. The minimum atomic E-state index is -0.369. The fraction of sp³-hybridized carbons (Fsp3) is 0.529. The summed E-state index contributed by atoms with van der Waals surface area (Å²) in [6, 6.07) is -0.0395. The molecule has 1 fully saturated rings. The van der Waals surface area contributed by atoms with E-state index in [2.05, 4.69) is 19.9 Å². The third-order valence-corrected chi connectivity index (χ3v) is 4.56. The fourth-order valence-electron chi connectivity index (χ4n) is 3.17. The molecule has 1 atom stereocenters. The van der Waals surface area contributed by atoms with Gasteiger partial charge in [-0.1, -0.05) is 13.8 Å². The van der Waals surface area contributed by atoms with Gasteiger partial charge >= 0.3 is 0 Å². The Morgan fingerprint density at radius 1 is 0.920 bits per heavy atom. The van der Waals surface area contributed by atoms with E-state index in [0.717, 1.165) is 0 Å². The Balaban J connectivity index is 1.82. The Kier molecular flexibility index (Phi) is 5.06. The molecule has 0 unspecified atom stereocenters. The van der Waals surface area contributed by atoms with Crippen molar-refractivity contribution in [1.82, 2.24) is 19.9 Å². The Bertz CT molecular complexity index is 754. The lowest BCUT2D eigenvalue weighted by Crippen LogP contribution is -2.53. The number of halogens is 2. The van der Waals surface area contributed by atoms with Crippen LogP contribution in [0.5, 0.6) is 0 Å². The zero-order chi connectivity index (χ0) is 18.0. The predicted octanol–water partition coefficient (Wildman–Crippen LogP) is 2.38. The fourth-order valence-corrected chi connectivity index (χ4v) is 3.17. The normalized spacial score (nSPS) is 17.9. The van der Waals surface area contributed by atoms with Gasteiger partial charge in [-0.05, 0) is 19.8 Å². The summed E-state index contributed by atoms with van der Waals surface area (Å²) in [6.07, 6.45) is 3.82. The van der Waals surface area contributed by atoms with E-state index in [-0.39, 0.29) is 17.7 Å². The van der Waals surface area contributed by atoms with Crippen molar-refractivity contribution in [3.05, 3.63) is 35.7 Å². The first kappa shape index (κ1) is 17.4. The van der Waals surface area contributed by atoms with E-state index in [1.54, 1.807) is 0 Å². The van der Waals surface area contributed by atoms with Gasteiger partial charge in [0.2, 0.25) is 0 Å². The molecule has 1 saturated heterocycles. The molecule has 0 N–H and O–H groups in total. The molecule has 3 rings (SSSR count). The summed E-state index contributed by atoms with van der Waals surface area (Å²) < 4.78 is 29.1. The van der Waals surface area contributed by atoms with Crippen LogP contribution >= 0.6 is 0 Å². The molecular weight excluding hydrogens is 326 g/mol. The Labute approximate surface area is 145 Å². The van der Waals surface area contributed by atoms with Crippen LogP contribution in [-0.2, 0) is 12.8 Å². The lowest BCUT2D eigenvalue weighted by molar-refractivity contribution is 0.505. The molecule has 25 heavy (non-hydrogen) atoms. The van der Waals surface area contributed by atoms with E-state index in [1.165, 1.54) is 12.7 Å². The number of aryl methyl sites for hydroxylation is 2. The minimum Gasteiger partial charge on any atom is -0.350 e. The summed E-state index contributed by atoms with van der Waals surface area (Å²) in [6.45, 7) is 7.29. The molecule has 134 valence electrons. The Morgan fingerprint density at radius 3 is 2.04 bits per heavy atom. The molecule has 8 heteroatoms. The van der Waals surface area contributed by atoms with Crippen molar-refractivity contribution < 1.29 is 8.78 Å². The number of nitrogens with zero attached hydrogens (tertiary/aromatic N) is 6. The molecule has 0 aromatic carbocycles. The number of rotatable bonds is 4. The first-order valence-corrected chi connectivity index (χ1v) is 8.57. The zero-order valence-corrected chi connectivity index (χ0v) is 14.7. The zero-order valence-electron chi connectivity index (χ0n) is 14.7. The van der Waals surface area contributed by atoms with Gasteiger partial charge in [-0.25, -0.2) is 28.7 Å². The first-order chi connectivity index (χ1) is 12.1. The standard InChI is InChI=1S/C17H22F2N6/c1-4-12-14(18)16(22-9-20-12)24-6-7-25(11(3)8-24)17-15(19)13(5-2)21-10-23-17/h9-11H,4-8H2,1-3H3/t11-/m1/s1. The molecular formula is C17H22F2N6. The first-order valence-electron chi connectivity index (χ1n) is 8.57. The molecule has 6 nitrogen and oxygen atoms in total. The van der Waals surface area contributed by atoms with Crippen molar-refractivity contribution in [3.63, 3.8) is 0 Å². The maximum Gasteiger partial charge on any atom is 0.187 e. The van der Waals surface area contributed by atoms with Crippen LogP contribution in [0.1, 0.15) is 32.2 Å². The van der Waals surface area contributed by atoms with Crippen molar-refractivity contribution in [2.24, 2.45) is 0 Å². The monoisotopic (exact) mass is 348 g/mol. The van der Waals surface area contributed by atoms with Gasteiger partial charge in [0, 0.05) is 25.7 Å². The molecule has 1 aliphatic rings. The van der Waals surface area contributed by atoms with Crippen LogP contribution in [0.3, 0.4) is 0 Å². The van der Waals surface area contributed by atoms with Gasteiger partial charge < -0.3 is 9.80 Å². The molecule has 0 saturated carbocycles. The quantitative estimate of drug-likeness (QED) is 0.846. The van der Waals surface area contributed by atoms with Crippen LogP contribution in [0, 0.1) is 11.6 Å². The summed E-state index contributed by atoms with van der Waals surface area (Å²) in [7, 11) is 0. The molecule has 0 radical (unpaired) electrons. The lowest BCUT2D eigenvalue weighted by Gasteiger charge is -2.41. The van der Waals surface area contributed by atoms with E-state index in [0.29, 0.717) is 55.5 Å². The molecule has 3 heterocycles. The molecule has 0 aliphatic carbocycles. The van der Waals surface area contributed by atoms with E-state index >= 15 is 0 Å². The second kappa shape index (κ2) is 7.25. The van der Waals surface area contributed by atoms with Gasteiger partial charge in [0.05, 0.1) is 11.4 Å². The van der Waals surface area contributed by atoms with Crippen molar-refractivity contribution in [2.45, 2.75) is 39.7 Å². The predicted molar refractivity (Wildman–Crippen MR) is 91.8 cm³/mol. The maximum atomic E-state index is 14.6. The van der Waals surface area contributed by atoms with Crippen LogP contribution < -0.4 is 9.80 Å². The van der Waals surface area contributed by atoms with Crippen molar-refractivity contribution >= 4 is 11.6 Å². The second-order valence-electron chi connectivity index (χ2n) is 6.11. The highest BCUT2D eigenvalue weighted by atomic mass is 19.1. The van der Waals surface area contributed by atoms with Crippen molar-refractivity contribution in [1.29, 1.82) is 0 Å². The number of anilines is 2. The third kappa shape index (κ3) is 3.25. The largest absolute Gasteiger partial charge is 0.350 e. The smallest absolute Gasteiger partial charge is 0.187 e. The summed E-state index contributed by atoms with van der Waals surface area (Å²) in [5.41, 5.74) is 0.823. The van der Waals surface area contributed by atoms with Gasteiger partial charge in [-0.2, -0.15) is 0 Å². The molecule has 0 spiro atoms.